The van der Waals surface area contributed by atoms with Crippen LogP contribution in [-0.2, 0) is 4.74 Å². The predicted molar refractivity (Wildman–Crippen MR) is 81.4 cm³/mol. The van der Waals surface area contributed by atoms with E-state index in [9.17, 15) is 14.9 Å². The zero-order valence-corrected chi connectivity index (χ0v) is 13.1. The van der Waals surface area contributed by atoms with Gasteiger partial charge in [0.1, 0.15) is 4.92 Å². The molecule has 2 rings (SSSR count). The molecule has 8 nitrogen and oxygen atoms in total. The van der Waals surface area contributed by atoms with E-state index < -0.39 is 16.7 Å². The molecule has 1 aliphatic heterocycles. The highest BCUT2D eigenvalue weighted by Crippen LogP contribution is 2.28. The molecule has 1 saturated heterocycles. The lowest BCUT2D eigenvalue weighted by molar-refractivity contribution is -0.402. The van der Waals surface area contributed by atoms with Crippen molar-refractivity contribution in [3.05, 3.63) is 28.0 Å². The van der Waals surface area contributed by atoms with Crippen LogP contribution in [0.1, 0.15) is 23.4 Å². The quantitative estimate of drug-likeness (QED) is 0.601. The molecule has 0 aliphatic carbocycles. The Bertz CT molecular complexity index is 508. The van der Waals surface area contributed by atoms with Crippen LogP contribution in [0, 0.1) is 15.5 Å². The summed E-state index contributed by atoms with van der Waals surface area (Å²) in [7, 11) is 1.64. The van der Waals surface area contributed by atoms with Gasteiger partial charge >= 0.3 is 5.88 Å². The van der Waals surface area contributed by atoms with E-state index in [0.717, 1.165) is 25.9 Å². The second-order valence-corrected chi connectivity index (χ2v) is 5.26. The van der Waals surface area contributed by atoms with Gasteiger partial charge in [0, 0.05) is 19.1 Å². The summed E-state index contributed by atoms with van der Waals surface area (Å²) >= 11 is 0. The minimum Gasteiger partial charge on any atom is -0.395 e. The smallest absolute Gasteiger partial charge is 0.395 e. The molecule has 2 heterocycles. The molecule has 0 atom stereocenters. The van der Waals surface area contributed by atoms with E-state index in [-0.39, 0.29) is 23.6 Å². The number of rotatable bonds is 6. The lowest BCUT2D eigenvalue weighted by Crippen LogP contribution is -2.47. The first-order chi connectivity index (χ1) is 10.1. The van der Waals surface area contributed by atoms with E-state index in [1.54, 1.807) is 7.11 Å². The third-order valence-electron chi connectivity index (χ3n) is 3.73. The van der Waals surface area contributed by atoms with Crippen molar-refractivity contribution in [1.82, 2.24) is 10.6 Å². The second-order valence-electron chi connectivity index (χ2n) is 5.26. The van der Waals surface area contributed by atoms with Gasteiger partial charge in [-0.15, -0.1) is 12.4 Å². The normalized spacial score (nSPS) is 16.6. The molecule has 1 aromatic heterocycles. The number of nitrogens with zero attached hydrogens (tertiary/aromatic N) is 1. The molecule has 1 aromatic rings. The maximum atomic E-state index is 12.0. The third-order valence-corrected chi connectivity index (χ3v) is 3.73. The van der Waals surface area contributed by atoms with E-state index in [4.69, 9.17) is 9.15 Å². The summed E-state index contributed by atoms with van der Waals surface area (Å²) in [4.78, 5) is 21.9. The van der Waals surface area contributed by atoms with Crippen LogP contribution >= 0.6 is 12.4 Å². The number of furan rings is 1. The van der Waals surface area contributed by atoms with Crippen molar-refractivity contribution in [2.75, 3.05) is 33.4 Å². The molecular weight excluding hydrogens is 314 g/mol. The number of carbonyl (C=O) groups excluding carboxylic acids is 1. The average molecular weight is 334 g/mol. The molecule has 0 radical (unpaired) electrons. The van der Waals surface area contributed by atoms with Gasteiger partial charge in [-0.1, -0.05) is 0 Å². The van der Waals surface area contributed by atoms with Gasteiger partial charge in [0.25, 0.3) is 5.91 Å². The van der Waals surface area contributed by atoms with Crippen molar-refractivity contribution in [2.24, 2.45) is 5.41 Å². The monoisotopic (exact) mass is 333 g/mol. The number of ether oxygens (including phenoxy) is 1. The molecule has 0 spiro atoms. The highest BCUT2D eigenvalue weighted by atomic mass is 35.5. The van der Waals surface area contributed by atoms with Crippen molar-refractivity contribution in [3.63, 3.8) is 0 Å². The fourth-order valence-electron chi connectivity index (χ4n) is 2.54. The van der Waals surface area contributed by atoms with Gasteiger partial charge in [-0.25, -0.2) is 0 Å². The summed E-state index contributed by atoms with van der Waals surface area (Å²) in [5, 5.41) is 16.6. The Kier molecular flexibility index (Phi) is 6.79. The van der Waals surface area contributed by atoms with Gasteiger partial charge < -0.3 is 19.8 Å². The number of nitrogens with one attached hydrogen (secondary N) is 2. The number of carbonyl (C=O) groups is 1. The Balaban J connectivity index is 0.00000242. The number of methoxy groups -OCH3 is 1. The third kappa shape index (κ3) is 4.43. The van der Waals surface area contributed by atoms with Gasteiger partial charge in [0.15, 0.2) is 5.76 Å². The fraction of sp³-hybridized carbons (Fsp3) is 0.615. The topological polar surface area (TPSA) is 107 Å². The molecule has 0 unspecified atom stereocenters. The molecular formula is C13H20ClN3O5. The molecule has 0 aromatic carbocycles. The first kappa shape index (κ1) is 18.4. The van der Waals surface area contributed by atoms with Gasteiger partial charge in [-0.3, -0.25) is 14.9 Å². The number of halogens is 1. The van der Waals surface area contributed by atoms with E-state index in [2.05, 4.69) is 10.6 Å². The minimum absolute atomic E-state index is 0. The van der Waals surface area contributed by atoms with Crippen LogP contribution in [-0.4, -0.2) is 44.2 Å². The van der Waals surface area contributed by atoms with Crippen molar-refractivity contribution < 1.29 is 18.9 Å². The SMILES string of the molecule is COCC1(CNC(=O)c2ccc([N+](=O)[O-])o2)CCNCC1.Cl. The fourth-order valence-corrected chi connectivity index (χ4v) is 2.54. The maximum absolute atomic E-state index is 12.0. The molecule has 9 heteroatoms. The summed E-state index contributed by atoms with van der Waals surface area (Å²) in [5.74, 6) is -0.936. The van der Waals surface area contributed by atoms with Crippen LogP contribution in [0.2, 0.25) is 0 Å². The second kappa shape index (κ2) is 8.11. The highest BCUT2D eigenvalue weighted by Gasteiger charge is 2.33. The molecule has 2 N–H and O–H groups in total. The van der Waals surface area contributed by atoms with Gasteiger partial charge in [-0.05, 0) is 32.0 Å². The number of piperidine rings is 1. The summed E-state index contributed by atoms with van der Waals surface area (Å²) in [5.41, 5.74) is -0.103. The molecule has 124 valence electrons. The lowest BCUT2D eigenvalue weighted by Gasteiger charge is -2.37. The molecule has 0 saturated carbocycles. The Hall–Kier alpha value is -1.64. The Morgan fingerprint density at radius 1 is 1.50 bits per heavy atom. The first-order valence-electron chi connectivity index (χ1n) is 6.78. The molecule has 0 bridgehead atoms. The van der Waals surface area contributed by atoms with E-state index in [0.29, 0.717) is 13.2 Å². The zero-order valence-electron chi connectivity index (χ0n) is 12.3. The van der Waals surface area contributed by atoms with Crippen molar-refractivity contribution in [3.8, 4) is 0 Å². The summed E-state index contributed by atoms with van der Waals surface area (Å²) in [6.45, 7) is 2.78. The van der Waals surface area contributed by atoms with Crippen LogP contribution in [0.5, 0.6) is 0 Å². The molecule has 1 amide bonds. The van der Waals surface area contributed by atoms with Gasteiger partial charge in [0.2, 0.25) is 0 Å². The highest BCUT2D eigenvalue weighted by molar-refractivity contribution is 5.91. The van der Waals surface area contributed by atoms with Crippen LogP contribution in [0.15, 0.2) is 16.5 Å². The van der Waals surface area contributed by atoms with Crippen LogP contribution in [0.3, 0.4) is 0 Å². The summed E-state index contributed by atoms with van der Waals surface area (Å²) < 4.78 is 10.2. The molecule has 22 heavy (non-hydrogen) atoms. The van der Waals surface area contributed by atoms with Gasteiger partial charge in [-0.2, -0.15) is 0 Å². The standard InChI is InChI=1S/C13H19N3O5.ClH/c1-20-9-13(4-6-14-7-5-13)8-15-12(17)10-2-3-11(21-10)16(18)19;/h2-3,14H,4-9H2,1H3,(H,15,17);1H. The van der Waals surface area contributed by atoms with E-state index in [1.807, 2.05) is 0 Å². The number of hydrogen-bond acceptors (Lipinski definition) is 6. The lowest BCUT2D eigenvalue weighted by atomic mass is 9.79. The number of amides is 1. The zero-order chi connectivity index (χ0) is 15.3. The van der Waals surface area contributed by atoms with Crippen LogP contribution in [0.25, 0.3) is 0 Å². The number of hydrogen-bond donors (Lipinski definition) is 2. The van der Waals surface area contributed by atoms with Crippen LogP contribution in [0.4, 0.5) is 5.88 Å². The maximum Gasteiger partial charge on any atom is 0.433 e. The van der Waals surface area contributed by atoms with Crippen LogP contribution < -0.4 is 10.6 Å². The average Bonchev–Trinajstić information content (AvgIpc) is 2.96. The molecule has 1 fully saturated rings. The van der Waals surface area contributed by atoms with Crippen molar-refractivity contribution >= 4 is 24.2 Å². The summed E-state index contributed by atoms with van der Waals surface area (Å²) in [6, 6.07) is 2.48. The van der Waals surface area contributed by atoms with E-state index in [1.165, 1.54) is 12.1 Å². The number of nitro groups is 1. The first-order valence-corrected chi connectivity index (χ1v) is 6.78. The Labute approximate surface area is 134 Å². The largest absolute Gasteiger partial charge is 0.433 e. The van der Waals surface area contributed by atoms with Crippen molar-refractivity contribution in [2.45, 2.75) is 12.8 Å². The molecule has 1 aliphatic rings. The minimum atomic E-state index is -0.671. The van der Waals surface area contributed by atoms with Gasteiger partial charge in [0.05, 0.1) is 12.7 Å². The van der Waals surface area contributed by atoms with Crippen molar-refractivity contribution in [1.29, 1.82) is 0 Å². The Morgan fingerprint density at radius 2 is 2.18 bits per heavy atom. The predicted octanol–water partition coefficient (Wildman–Crippen LogP) is 1.36. The summed E-state index contributed by atoms with van der Waals surface area (Å²) in [6.07, 6.45) is 1.80. The Morgan fingerprint density at radius 3 is 2.73 bits per heavy atom. The van der Waals surface area contributed by atoms with E-state index >= 15 is 0 Å².